The average molecular weight is 308 g/mol. The molecule has 2 rings (SSSR count). The highest BCUT2D eigenvalue weighted by molar-refractivity contribution is 7.92. The molecule has 0 saturated heterocycles. The van der Waals surface area contributed by atoms with Gasteiger partial charge in [0.2, 0.25) is 5.03 Å². The third-order valence-corrected chi connectivity index (χ3v) is 4.61. The molecule has 0 spiro atoms. The SMILES string of the molecule is CCCc1ccccc1NS(=O)(=O)c1n[nH]c(C)c1CN. The van der Waals surface area contributed by atoms with Crippen LogP contribution in [0.15, 0.2) is 29.3 Å². The van der Waals surface area contributed by atoms with Crippen molar-refractivity contribution >= 4 is 15.7 Å². The van der Waals surface area contributed by atoms with E-state index in [2.05, 4.69) is 21.8 Å². The molecule has 4 N–H and O–H groups in total. The van der Waals surface area contributed by atoms with Crippen LogP contribution in [0.2, 0.25) is 0 Å². The van der Waals surface area contributed by atoms with Crippen LogP contribution in [0.5, 0.6) is 0 Å². The van der Waals surface area contributed by atoms with Crippen molar-refractivity contribution in [2.75, 3.05) is 4.72 Å². The van der Waals surface area contributed by atoms with Gasteiger partial charge < -0.3 is 5.73 Å². The van der Waals surface area contributed by atoms with Gasteiger partial charge in [0.15, 0.2) is 0 Å². The van der Waals surface area contributed by atoms with Crippen LogP contribution in [-0.2, 0) is 23.0 Å². The van der Waals surface area contributed by atoms with Crippen molar-refractivity contribution in [3.63, 3.8) is 0 Å². The van der Waals surface area contributed by atoms with E-state index >= 15 is 0 Å². The minimum absolute atomic E-state index is 0.0335. The number of aromatic nitrogens is 2. The fourth-order valence-corrected chi connectivity index (χ4v) is 3.50. The van der Waals surface area contributed by atoms with E-state index in [-0.39, 0.29) is 11.6 Å². The number of anilines is 1. The third-order valence-electron chi connectivity index (χ3n) is 3.28. The first-order valence-corrected chi connectivity index (χ1v) is 8.32. The molecular formula is C14H20N4O2S. The summed E-state index contributed by atoms with van der Waals surface area (Å²) >= 11 is 0. The Bertz CT molecular complexity index is 722. The van der Waals surface area contributed by atoms with E-state index in [9.17, 15) is 8.42 Å². The molecule has 0 bridgehead atoms. The molecule has 0 unspecified atom stereocenters. The Morgan fingerprint density at radius 2 is 2.05 bits per heavy atom. The summed E-state index contributed by atoms with van der Waals surface area (Å²) in [5, 5.41) is 6.51. The third kappa shape index (κ3) is 3.25. The summed E-state index contributed by atoms with van der Waals surface area (Å²) < 4.78 is 27.6. The lowest BCUT2D eigenvalue weighted by Gasteiger charge is -2.11. The van der Waals surface area contributed by atoms with Gasteiger partial charge in [0.1, 0.15) is 0 Å². The highest BCUT2D eigenvalue weighted by Crippen LogP contribution is 2.23. The van der Waals surface area contributed by atoms with Crippen LogP contribution in [0.4, 0.5) is 5.69 Å². The summed E-state index contributed by atoms with van der Waals surface area (Å²) in [5.41, 5.74) is 8.34. The zero-order valence-corrected chi connectivity index (χ0v) is 13.0. The Hall–Kier alpha value is -1.86. The Balaban J connectivity index is 2.38. The predicted octanol–water partition coefficient (Wildman–Crippen LogP) is 1.93. The Kier molecular flexibility index (Phi) is 4.64. The molecule has 7 heteroatoms. The number of aryl methyl sites for hydroxylation is 2. The van der Waals surface area contributed by atoms with Crippen LogP contribution in [0.1, 0.15) is 30.2 Å². The van der Waals surface area contributed by atoms with Crippen molar-refractivity contribution in [1.82, 2.24) is 10.2 Å². The molecule has 21 heavy (non-hydrogen) atoms. The molecule has 1 aromatic carbocycles. The first-order valence-electron chi connectivity index (χ1n) is 6.84. The zero-order valence-electron chi connectivity index (χ0n) is 12.2. The normalized spacial score (nSPS) is 11.6. The molecule has 1 aromatic heterocycles. The smallest absolute Gasteiger partial charge is 0.281 e. The second-order valence-electron chi connectivity index (χ2n) is 4.85. The first kappa shape index (κ1) is 15.5. The number of benzene rings is 1. The van der Waals surface area contributed by atoms with Crippen molar-refractivity contribution < 1.29 is 8.42 Å². The molecule has 0 radical (unpaired) electrons. The monoisotopic (exact) mass is 308 g/mol. The van der Waals surface area contributed by atoms with Crippen LogP contribution in [-0.4, -0.2) is 18.6 Å². The lowest BCUT2D eigenvalue weighted by Crippen LogP contribution is -2.17. The summed E-state index contributed by atoms with van der Waals surface area (Å²) in [6.07, 6.45) is 1.75. The largest absolute Gasteiger partial charge is 0.326 e. The molecule has 0 aliphatic carbocycles. The molecule has 2 aromatic rings. The molecule has 0 fully saturated rings. The molecular weight excluding hydrogens is 288 g/mol. The van der Waals surface area contributed by atoms with Crippen molar-refractivity contribution in [2.24, 2.45) is 5.73 Å². The minimum Gasteiger partial charge on any atom is -0.326 e. The number of para-hydroxylation sites is 1. The van der Waals surface area contributed by atoms with Gasteiger partial charge in [-0.15, -0.1) is 0 Å². The Morgan fingerprint density at radius 1 is 1.33 bits per heavy atom. The fourth-order valence-electron chi connectivity index (χ4n) is 2.19. The first-order chi connectivity index (χ1) is 9.99. The highest BCUT2D eigenvalue weighted by Gasteiger charge is 2.23. The van der Waals surface area contributed by atoms with E-state index in [0.29, 0.717) is 16.9 Å². The number of aromatic amines is 1. The van der Waals surface area contributed by atoms with E-state index in [1.807, 2.05) is 12.1 Å². The maximum absolute atomic E-state index is 12.5. The number of hydrogen-bond donors (Lipinski definition) is 3. The molecule has 0 saturated carbocycles. The van der Waals surface area contributed by atoms with Crippen molar-refractivity contribution in [1.29, 1.82) is 0 Å². The number of hydrogen-bond acceptors (Lipinski definition) is 4. The molecule has 0 atom stereocenters. The van der Waals surface area contributed by atoms with Crippen LogP contribution in [0.3, 0.4) is 0 Å². The summed E-state index contributed by atoms with van der Waals surface area (Å²) in [7, 11) is -3.75. The van der Waals surface area contributed by atoms with E-state index in [0.717, 1.165) is 18.4 Å². The van der Waals surface area contributed by atoms with Crippen molar-refractivity contribution in [3.8, 4) is 0 Å². The summed E-state index contributed by atoms with van der Waals surface area (Å²) in [5.74, 6) is 0. The molecule has 0 aliphatic heterocycles. The second-order valence-corrected chi connectivity index (χ2v) is 6.45. The summed E-state index contributed by atoms with van der Waals surface area (Å²) in [6.45, 7) is 3.92. The van der Waals surface area contributed by atoms with Gasteiger partial charge in [0, 0.05) is 17.8 Å². The summed E-state index contributed by atoms with van der Waals surface area (Å²) in [6, 6.07) is 7.37. The van der Waals surface area contributed by atoms with Gasteiger partial charge in [0.25, 0.3) is 10.0 Å². The molecule has 6 nitrogen and oxygen atoms in total. The predicted molar refractivity (Wildman–Crippen MR) is 82.5 cm³/mol. The Labute approximate surface area is 124 Å². The summed E-state index contributed by atoms with van der Waals surface area (Å²) in [4.78, 5) is 0. The zero-order chi connectivity index (χ0) is 15.5. The number of sulfonamides is 1. The van der Waals surface area contributed by atoms with Gasteiger partial charge in [-0.3, -0.25) is 9.82 Å². The van der Waals surface area contributed by atoms with Crippen LogP contribution >= 0.6 is 0 Å². The van der Waals surface area contributed by atoms with Crippen LogP contribution in [0, 0.1) is 6.92 Å². The average Bonchev–Trinajstić information content (AvgIpc) is 2.83. The number of nitrogens with two attached hydrogens (primary N) is 1. The van der Waals surface area contributed by atoms with Gasteiger partial charge in [0.05, 0.1) is 5.69 Å². The van der Waals surface area contributed by atoms with E-state index in [4.69, 9.17) is 5.73 Å². The van der Waals surface area contributed by atoms with Gasteiger partial charge in [-0.05, 0) is 25.0 Å². The maximum atomic E-state index is 12.5. The number of nitrogens with one attached hydrogen (secondary N) is 2. The standard InChI is InChI=1S/C14H20N4O2S/c1-3-6-11-7-4-5-8-13(11)18-21(19,20)14-12(9-15)10(2)16-17-14/h4-5,7-8,18H,3,6,9,15H2,1-2H3,(H,16,17). The highest BCUT2D eigenvalue weighted by atomic mass is 32.2. The topological polar surface area (TPSA) is 101 Å². The van der Waals surface area contributed by atoms with E-state index < -0.39 is 10.0 Å². The van der Waals surface area contributed by atoms with Crippen LogP contribution in [0.25, 0.3) is 0 Å². The Morgan fingerprint density at radius 3 is 2.71 bits per heavy atom. The van der Waals surface area contributed by atoms with E-state index in [1.54, 1.807) is 19.1 Å². The van der Waals surface area contributed by atoms with Gasteiger partial charge in [-0.2, -0.15) is 13.5 Å². The lowest BCUT2D eigenvalue weighted by atomic mass is 10.1. The second kappa shape index (κ2) is 6.28. The lowest BCUT2D eigenvalue weighted by molar-refractivity contribution is 0.595. The van der Waals surface area contributed by atoms with Gasteiger partial charge >= 0.3 is 0 Å². The number of nitrogens with zero attached hydrogens (tertiary/aromatic N) is 1. The molecule has 114 valence electrons. The molecule has 1 heterocycles. The van der Waals surface area contributed by atoms with E-state index in [1.165, 1.54) is 0 Å². The molecule has 0 aliphatic rings. The van der Waals surface area contributed by atoms with Gasteiger partial charge in [-0.1, -0.05) is 31.5 Å². The quantitative estimate of drug-likeness (QED) is 0.759. The minimum atomic E-state index is -3.75. The maximum Gasteiger partial charge on any atom is 0.281 e. The number of H-pyrrole nitrogens is 1. The van der Waals surface area contributed by atoms with Crippen molar-refractivity contribution in [3.05, 3.63) is 41.1 Å². The fraction of sp³-hybridized carbons (Fsp3) is 0.357. The van der Waals surface area contributed by atoms with Crippen molar-refractivity contribution in [2.45, 2.75) is 38.3 Å². The number of rotatable bonds is 6. The van der Waals surface area contributed by atoms with Gasteiger partial charge in [-0.25, -0.2) is 0 Å². The van der Waals surface area contributed by atoms with Crippen LogP contribution < -0.4 is 10.5 Å². The molecule has 0 amide bonds.